The molecule has 58 heavy (non-hydrogen) atoms. The summed E-state index contributed by atoms with van der Waals surface area (Å²) in [6.45, 7) is 16.9. The number of hydrogen-bond acceptors (Lipinski definition) is 9. The van der Waals surface area contributed by atoms with Gasteiger partial charge in [-0.15, -0.1) is 0 Å². The lowest BCUT2D eigenvalue weighted by Gasteiger charge is -2.39. The summed E-state index contributed by atoms with van der Waals surface area (Å²) >= 11 is 0. The summed E-state index contributed by atoms with van der Waals surface area (Å²) in [6, 6.07) is 11.5. The predicted octanol–water partition coefficient (Wildman–Crippen LogP) is 5.71. The molecule has 1 saturated carbocycles. The number of aromatic nitrogens is 2. The van der Waals surface area contributed by atoms with Crippen molar-refractivity contribution in [3.63, 3.8) is 0 Å². The van der Waals surface area contributed by atoms with Crippen LogP contribution >= 0.6 is 0 Å². The number of hydrogen-bond donors (Lipinski definition) is 3. The third-order valence-electron chi connectivity index (χ3n) is 11.3. The lowest BCUT2D eigenvalue weighted by molar-refractivity contribution is -0.145. The second kappa shape index (κ2) is 26.9. The van der Waals surface area contributed by atoms with Crippen LogP contribution in [0.1, 0.15) is 111 Å². The molecule has 3 heterocycles. The fourth-order valence-corrected chi connectivity index (χ4v) is 8.16. The molecular weight excluding hydrogens is 735 g/mol. The molecule has 0 spiro atoms. The van der Waals surface area contributed by atoms with Crippen molar-refractivity contribution in [2.24, 2.45) is 17.8 Å². The average molecular weight is 810 g/mol. The summed E-state index contributed by atoms with van der Waals surface area (Å²) in [6.07, 6.45) is 8.95. The van der Waals surface area contributed by atoms with Crippen LogP contribution in [0.4, 0.5) is 0 Å². The number of carbonyl (C=O) groups is 4. The molecule has 9 unspecified atom stereocenters. The number of rotatable bonds is 16. The number of ether oxygens (including phenoxy) is 2. The van der Waals surface area contributed by atoms with E-state index in [0.29, 0.717) is 30.7 Å². The Morgan fingerprint density at radius 2 is 1.60 bits per heavy atom. The fraction of sp³-hybridized carbons (Fsp3) is 0.689. The third-order valence-corrected chi connectivity index (χ3v) is 11.3. The SMILES string of the molecule is CC.CCC.CCC(C)C(C(CC(=O)N1CCCC1C(OC)C(C)C(=O)NCc1ncccn1)OC)N(C)C(=O)CNC(=O)C1NC2CCC1C2.Cc1ccccc1. The number of fused-ring (bicyclic) bond motifs is 2. The van der Waals surface area contributed by atoms with Crippen LogP contribution in [0.15, 0.2) is 48.8 Å². The van der Waals surface area contributed by atoms with Crippen LogP contribution < -0.4 is 16.0 Å². The molecule has 1 aromatic heterocycles. The molecule has 3 aliphatic rings. The predicted molar refractivity (Wildman–Crippen MR) is 230 cm³/mol. The lowest BCUT2D eigenvalue weighted by Crippen LogP contribution is -2.55. The Hall–Kier alpha value is -3.94. The van der Waals surface area contributed by atoms with E-state index in [9.17, 15) is 19.2 Å². The number of benzene rings is 1. The zero-order valence-corrected chi connectivity index (χ0v) is 37.3. The minimum Gasteiger partial charge on any atom is -0.379 e. The minimum absolute atomic E-state index is 0.0352. The van der Waals surface area contributed by atoms with Crippen LogP contribution in [0, 0.1) is 24.7 Å². The van der Waals surface area contributed by atoms with Crippen molar-refractivity contribution < 1.29 is 28.7 Å². The molecule has 1 aromatic carbocycles. The summed E-state index contributed by atoms with van der Waals surface area (Å²) in [5.74, 6) is -0.297. The van der Waals surface area contributed by atoms with Crippen molar-refractivity contribution in [2.75, 3.05) is 34.4 Å². The highest BCUT2D eigenvalue weighted by Gasteiger charge is 2.44. The Morgan fingerprint density at radius 1 is 0.948 bits per heavy atom. The topological polar surface area (TPSA) is 155 Å². The molecule has 2 saturated heterocycles. The van der Waals surface area contributed by atoms with E-state index in [-0.39, 0.29) is 67.2 Å². The summed E-state index contributed by atoms with van der Waals surface area (Å²) in [7, 11) is 4.85. The van der Waals surface area contributed by atoms with Gasteiger partial charge in [0.2, 0.25) is 23.6 Å². The van der Waals surface area contributed by atoms with Crippen molar-refractivity contribution in [2.45, 2.75) is 150 Å². The molecule has 2 aliphatic heterocycles. The van der Waals surface area contributed by atoms with Crippen molar-refractivity contribution in [3.8, 4) is 0 Å². The first-order valence-corrected chi connectivity index (χ1v) is 21.6. The van der Waals surface area contributed by atoms with Crippen molar-refractivity contribution in [3.05, 3.63) is 60.2 Å². The monoisotopic (exact) mass is 810 g/mol. The van der Waals surface area contributed by atoms with E-state index in [1.807, 2.05) is 50.8 Å². The molecule has 2 bridgehead atoms. The van der Waals surface area contributed by atoms with E-state index in [1.54, 1.807) is 51.6 Å². The van der Waals surface area contributed by atoms with Crippen LogP contribution in [-0.2, 0) is 35.2 Å². The Kier molecular flexibility index (Phi) is 23.3. The van der Waals surface area contributed by atoms with E-state index in [2.05, 4.69) is 58.8 Å². The van der Waals surface area contributed by atoms with Gasteiger partial charge in [0.15, 0.2) is 0 Å². The average Bonchev–Trinajstić information content (AvgIpc) is 4.03. The van der Waals surface area contributed by atoms with Gasteiger partial charge in [0.25, 0.3) is 0 Å². The van der Waals surface area contributed by atoms with Crippen molar-refractivity contribution >= 4 is 23.6 Å². The Bertz CT molecular complexity index is 1480. The molecule has 5 rings (SSSR count). The number of carbonyl (C=O) groups excluding carboxylic acids is 4. The number of methoxy groups -OCH3 is 2. The maximum absolute atomic E-state index is 13.9. The van der Waals surface area contributed by atoms with Crippen LogP contribution in [0.5, 0.6) is 0 Å². The number of amides is 4. The van der Waals surface area contributed by atoms with Gasteiger partial charge in [-0.05, 0) is 56.9 Å². The normalized spacial score (nSPS) is 21.6. The molecule has 1 aliphatic carbocycles. The molecule has 326 valence electrons. The van der Waals surface area contributed by atoms with Crippen molar-refractivity contribution in [1.29, 1.82) is 0 Å². The van der Waals surface area contributed by atoms with E-state index in [0.717, 1.165) is 32.1 Å². The molecule has 3 N–H and O–H groups in total. The molecule has 9 atom stereocenters. The number of nitrogens with zero attached hydrogens (tertiary/aromatic N) is 4. The fourth-order valence-electron chi connectivity index (χ4n) is 8.16. The van der Waals surface area contributed by atoms with E-state index >= 15 is 0 Å². The second-order valence-electron chi connectivity index (χ2n) is 15.5. The van der Waals surface area contributed by atoms with Gasteiger partial charge in [-0.25, -0.2) is 9.97 Å². The standard InChI is InChI=1S/C33H53N7O6.C7H8.C3H8.C2H6/c1-7-20(2)30(39(4)28(42)19-37-33(44)29-22-11-12-23(16-22)38-29)25(45-5)17-27(41)40-15-8-10-24(40)31(46-6)21(3)32(43)36-18-26-34-13-9-14-35-26;1-7-5-3-2-4-6-7;1-3-2;1-2/h9,13-14,20-25,29-31,38H,7-8,10-12,15-19H2,1-6H3,(H,36,43)(H,37,44);2-6H,1H3;3H2,1-2H3;1-2H3. The molecule has 13 nitrogen and oxygen atoms in total. The Balaban J connectivity index is 0.000000841. The number of nitrogens with one attached hydrogen (secondary N) is 3. The van der Waals surface area contributed by atoms with Crippen LogP contribution in [0.2, 0.25) is 0 Å². The van der Waals surface area contributed by atoms with Gasteiger partial charge in [-0.2, -0.15) is 0 Å². The van der Waals surface area contributed by atoms with E-state index < -0.39 is 18.1 Å². The first-order chi connectivity index (χ1) is 27.9. The van der Waals surface area contributed by atoms with Gasteiger partial charge in [-0.1, -0.05) is 97.2 Å². The first-order valence-electron chi connectivity index (χ1n) is 21.6. The van der Waals surface area contributed by atoms with Crippen LogP contribution in [0.25, 0.3) is 0 Å². The Labute approximate surface area is 349 Å². The van der Waals surface area contributed by atoms with Crippen molar-refractivity contribution in [1.82, 2.24) is 35.7 Å². The summed E-state index contributed by atoms with van der Waals surface area (Å²) < 4.78 is 11.8. The van der Waals surface area contributed by atoms with E-state index in [1.165, 1.54) is 12.0 Å². The second-order valence-corrected chi connectivity index (χ2v) is 15.5. The maximum Gasteiger partial charge on any atom is 0.242 e. The summed E-state index contributed by atoms with van der Waals surface area (Å²) in [4.78, 5) is 64.9. The van der Waals surface area contributed by atoms with Gasteiger partial charge < -0.3 is 35.2 Å². The number of likely N-dealkylation sites (tertiary alicyclic amines) is 1. The lowest BCUT2D eigenvalue weighted by atomic mass is 9.90. The molecular formula is C45H75N7O6. The van der Waals surface area contributed by atoms with Gasteiger partial charge in [-0.3, -0.25) is 19.2 Å². The highest BCUT2D eigenvalue weighted by Crippen LogP contribution is 2.35. The molecule has 0 radical (unpaired) electrons. The molecule has 3 fully saturated rings. The van der Waals surface area contributed by atoms with E-state index in [4.69, 9.17) is 9.47 Å². The highest BCUT2D eigenvalue weighted by atomic mass is 16.5. The summed E-state index contributed by atoms with van der Waals surface area (Å²) in [5, 5.41) is 9.10. The zero-order valence-electron chi connectivity index (χ0n) is 37.3. The minimum atomic E-state index is -0.562. The first kappa shape index (κ1) is 50.2. The number of piperidine rings is 1. The van der Waals surface area contributed by atoms with Gasteiger partial charge in [0.05, 0.1) is 55.8 Å². The Morgan fingerprint density at radius 3 is 2.12 bits per heavy atom. The number of aryl methyl sites for hydroxylation is 1. The molecule has 2 aromatic rings. The highest BCUT2D eigenvalue weighted by molar-refractivity contribution is 5.88. The van der Waals surface area contributed by atoms with Gasteiger partial charge in [0, 0.05) is 46.2 Å². The van der Waals surface area contributed by atoms with Gasteiger partial charge in [0.1, 0.15) is 5.82 Å². The van der Waals surface area contributed by atoms with Crippen LogP contribution in [-0.4, -0.2) is 114 Å². The molecule has 13 heteroatoms. The van der Waals surface area contributed by atoms with Crippen LogP contribution in [0.3, 0.4) is 0 Å². The molecule has 4 amide bonds. The van der Waals surface area contributed by atoms with Gasteiger partial charge >= 0.3 is 0 Å². The largest absolute Gasteiger partial charge is 0.379 e. The maximum atomic E-state index is 13.9. The quantitative estimate of drug-likeness (QED) is 0.194. The zero-order chi connectivity index (χ0) is 43.2. The third kappa shape index (κ3) is 15.0. The number of likely N-dealkylation sites (N-methyl/N-ethyl adjacent to an activating group) is 1. The smallest absolute Gasteiger partial charge is 0.242 e. The summed E-state index contributed by atoms with van der Waals surface area (Å²) in [5.41, 5.74) is 1.32.